The summed E-state index contributed by atoms with van der Waals surface area (Å²) in [6.45, 7) is 5.53. The number of sulfonamides is 1. The molecule has 148 valence electrons. The molecule has 1 fully saturated rings. The molecule has 0 aliphatic carbocycles. The van der Waals surface area contributed by atoms with Crippen LogP contribution >= 0.6 is 0 Å². The molecule has 1 atom stereocenters. The molecule has 1 heterocycles. The Bertz CT molecular complexity index is 1020. The molecule has 1 aliphatic rings. The van der Waals surface area contributed by atoms with E-state index in [9.17, 15) is 18.0 Å². The van der Waals surface area contributed by atoms with Gasteiger partial charge in [-0.3, -0.25) is 4.72 Å². The van der Waals surface area contributed by atoms with Gasteiger partial charge in [-0.15, -0.1) is 0 Å². The maximum Gasteiger partial charge on any atom is 0.347 e. The Balaban J connectivity index is 1.91. The van der Waals surface area contributed by atoms with E-state index >= 15 is 0 Å². The van der Waals surface area contributed by atoms with E-state index in [2.05, 4.69) is 4.72 Å². The number of aryl methyl sites for hydroxylation is 3. The molecule has 0 aromatic heterocycles. The summed E-state index contributed by atoms with van der Waals surface area (Å²) in [6, 6.07) is 9.67. The van der Waals surface area contributed by atoms with Crippen LogP contribution in [0.3, 0.4) is 0 Å². The van der Waals surface area contributed by atoms with E-state index in [0.717, 1.165) is 5.56 Å². The number of cyclic esters (lactones) is 1. The van der Waals surface area contributed by atoms with E-state index in [1.165, 1.54) is 12.1 Å². The number of ether oxygens (including phenoxy) is 2. The third-order valence-electron chi connectivity index (χ3n) is 4.40. The number of rotatable bonds is 5. The standard InChI is InChI=1S/C20H21NO6S/c1-12-10-13(2)18(14(3)11-12)28(24,25)21-16-7-5-4-6-15(16)19(22)27-17-8-9-26-20(17)23/h4-7,10-11,17,21H,8-9H2,1-3H3/t17-/m1/s1. The summed E-state index contributed by atoms with van der Waals surface area (Å²) in [5.74, 6) is -1.39. The molecule has 0 bridgehead atoms. The first kappa shape index (κ1) is 19.9. The quantitative estimate of drug-likeness (QED) is 0.771. The first-order valence-electron chi connectivity index (χ1n) is 8.76. The number of nitrogens with one attached hydrogen (secondary N) is 1. The number of esters is 2. The van der Waals surface area contributed by atoms with E-state index in [1.54, 1.807) is 38.1 Å². The minimum absolute atomic E-state index is 0.0215. The predicted octanol–water partition coefficient (Wildman–Crippen LogP) is 2.88. The second-order valence-electron chi connectivity index (χ2n) is 6.73. The number of carbonyl (C=O) groups is 2. The van der Waals surface area contributed by atoms with Crippen LogP contribution in [-0.2, 0) is 24.3 Å². The maximum absolute atomic E-state index is 13.0. The molecular weight excluding hydrogens is 382 g/mol. The molecule has 1 aliphatic heterocycles. The minimum Gasteiger partial charge on any atom is -0.463 e. The van der Waals surface area contributed by atoms with Crippen LogP contribution < -0.4 is 4.72 Å². The molecule has 0 radical (unpaired) electrons. The molecule has 1 saturated heterocycles. The van der Waals surface area contributed by atoms with E-state index < -0.39 is 28.1 Å². The first-order chi connectivity index (χ1) is 13.2. The van der Waals surface area contributed by atoms with Gasteiger partial charge in [0.15, 0.2) is 0 Å². The van der Waals surface area contributed by atoms with Crippen LogP contribution in [0.1, 0.15) is 33.5 Å². The van der Waals surface area contributed by atoms with Crippen molar-refractivity contribution in [3.8, 4) is 0 Å². The Morgan fingerprint density at radius 2 is 1.79 bits per heavy atom. The molecule has 0 amide bonds. The third-order valence-corrected chi connectivity index (χ3v) is 6.07. The van der Waals surface area contributed by atoms with Crippen molar-refractivity contribution in [2.45, 2.75) is 38.2 Å². The summed E-state index contributed by atoms with van der Waals surface area (Å²) in [5.41, 5.74) is 2.28. The Morgan fingerprint density at radius 3 is 2.39 bits per heavy atom. The largest absolute Gasteiger partial charge is 0.463 e. The molecule has 0 unspecified atom stereocenters. The van der Waals surface area contributed by atoms with E-state index in [1.807, 2.05) is 6.92 Å². The fourth-order valence-electron chi connectivity index (χ4n) is 3.31. The second kappa shape index (κ2) is 7.63. The van der Waals surface area contributed by atoms with Crippen LogP contribution in [0.4, 0.5) is 5.69 Å². The maximum atomic E-state index is 13.0. The zero-order valence-electron chi connectivity index (χ0n) is 15.8. The average molecular weight is 403 g/mol. The summed E-state index contributed by atoms with van der Waals surface area (Å²) in [4.78, 5) is 24.2. The van der Waals surface area contributed by atoms with Crippen molar-refractivity contribution >= 4 is 27.6 Å². The molecule has 0 spiro atoms. The molecule has 3 rings (SSSR count). The number of para-hydroxylation sites is 1. The van der Waals surface area contributed by atoms with Crippen molar-refractivity contribution in [3.05, 3.63) is 58.7 Å². The van der Waals surface area contributed by atoms with Gasteiger partial charge in [0.1, 0.15) is 0 Å². The van der Waals surface area contributed by atoms with Crippen molar-refractivity contribution in [2.75, 3.05) is 11.3 Å². The van der Waals surface area contributed by atoms with E-state index in [0.29, 0.717) is 11.1 Å². The van der Waals surface area contributed by atoms with Crippen LogP contribution in [0.25, 0.3) is 0 Å². The van der Waals surface area contributed by atoms with Crippen LogP contribution in [0.15, 0.2) is 41.3 Å². The Labute approximate surface area is 163 Å². The zero-order valence-corrected chi connectivity index (χ0v) is 16.6. The van der Waals surface area contributed by atoms with Gasteiger partial charge in [0.2, 0.25) is 6.10 Å². The number of carbonyl (C=O) groups excluding carboxylic acids is 2. The zero-order chi connectivity index (χ0) is 20.5. The van der Waals surface area contributed by atoms with Gasteiger partial charge in [0.25, 0.3) is 10.0 Å². The van der Waals surface area contributed by atoms with Crippen molar-refractivity contribution in [3.63, 3.8) is 0 Å². The van der Waals surface area contributed by atoms with Crippen LogP contribution in [0.2, 0.25) is 0 Å². The van der Waals surface area contributed by atoms with Crippen molar-refractivity contribution in [2.24, 2.45) is 0 Å². The molecule has 7 nitrogen and oxygen atoms in total. The molecule has 1 N–H and O–H groups in total. The average Bonchev–Trinajstić information content (AvgIpc) is 2.98. The van der Waals surface area contributed by atoms with Gasteiger partial charge in [-0.1, -0.05) is 29.8 Å². The monoisotopic (exact) mass is 403 g/mol. The summed E-state index contributed by atoms with van der Waals surface area (Å²) in [5, 5.41) is 0. The number of benzene rings is 2. The highest BCUT2D eigenvalue weighted by atomic mass is 32.2. The Morgan fingerprint density at radius 1 is 1.14 bits per heavy atom. The molecule has 2 aromatic carbocycles. The molecule has 2 aromatic rings. The van der Waals surface area contributed by atoms with Crippen molar-refractivity contribution in [1.82, 2.24) is 0 Å². The number of hydrogen-bond acceptors (Lipinski definition) is 6. The lowest BCUT2D eigenvalue weighted by Gasteiger charge is -2.16. The number of anilines is 1. The Kier molecular flexibility index (Phi) is 5.42. The summed E-state index contributed by atoms with van der Waals surface area (Å²) < 4.78 is 38.4. The highest BCUT2D eigenvalue weighted by Gasteiger charge is 2.31. The van der Waals surface area contributed by atoms with E-state index in [-0.39, 0.29) is 29.2 Å². The Hall–Kier alpha value is -2.87. The van der Waals surface area contributed by atoms with Crippen molar-refractivity contribution < 1.29 is 27.5 Å². The van der Waals surface area contributed by atoms with Gasteiger partial charge < -0.3 is 9.47 Å². The topological polar surface area (TPSA) is 98.8 Å². The van der Waals surface area contributed by atoms with Gasteiger partial charge in [-0.05, 0) is 44.0 Å². The lowest BCUT2D eigenvalue weighted by Crippen LogP contribution is -2.24. The third kappa shape index (κ3) is 4.01. The minimum atomic E-state index is -3.93. The smallest absolute Gasteiger partial charge is 0.347 e. The van der Waals surface area contributed by atoms with E-state index in [4.69, 9.17) is 9.47 Å². The molecule has 0 saturated carbocycles. The predicted molar refractivity (Wildman–Crippen MR) is 103 cm³/mol. The highest BCUT2D eigenvalue weighted by Crippen LogP contribution is 2.26. The van der Waals surface area contributed by atoms with Crippen molar-refractivity contribution in [1.29, 1.82) is 0 Å². The summed E-state index contributed by atoms with van der Waals surface area (Å²) in [6.07, 6.45) is -0.695. The lowest BCUT2D eigenvalue weighted by molar-refractivity contribution is -0.145. The van der Waals surface area contributed by atoms with Gasteiger partial charge in [0, 0.05) is 6.42 Å². The molecule has 28 heavy (non-hydrogen) atoms. The van der Waals surface area contributed by atoms with Gasteiger partial charge in [-0.2, -0.15) is 0 Å². The fraction of sp³-hybridized carbons (Fsp3) is 0.300. The van der Waals surface area contributed by atoms with Crippen LogP contribution in [0.5, 0.6) is 0 Å². The highest BCUT2D eigenvalue weighted by molar-refractivity contribution is 7.92. The number of hydrogen-bond donors (Lipinski definition) is 1. The van der Waals surface area contributed by atoms with Gasteiger partial charge in [-0.25, -0.2) is 18.0 Å². The lowest BCUT2D eigenvalue weighted by atomic mass is 10.1. The molecular formula is C20H21NO6S. The second-order valence-corrected chi connectivity index (χ2v) is 8.35. The van der Waals surface area contributed by atoms with Crippen LogP contribution in [-0.4, -0.2) is 33.1 Å². The molecule has 8 heteroatoms. The normalized spacial score (nSPS) is 16.5. The first-order valence-corrected chi connectivity index (χ1v) is 10.2. The van der Waals surface area contributed by atoms with Gasteiger partial charge in [0.05, 0.1) is 22.8 Å². The van der Waals surface area contributed by atoms with Crippen LogP contribution in [0, 0.1) is 20.8 Å². The van der Waals surface area contributed by atoms with Gasteiger partial charge >= 0.3 is 11.9 Å². The summed E-state index contributed by atoms with van der Waals surface area (Å²) >= 11 is 0. The SMILES string of the molecule is Cc1cc(C)c(S(=O)(=O)Nc2ccccc2C(=O)O[C@@H]2CCOC2=O)c(C)c1. The summed E-state index contributed by atoms with van der Waals surface area (Å²) in [7, 11) is -3.93. The fourth-order valence-corrected chi connectivity index (χ4v) is 4.85.